The van der Waals surface area contributed by atoms with E-state index in [1.807, 2.05) is 0 Å². The minimum absolute atomic E-state index is 0.799. The van der Waals surface area contributed by atoms with Crippen LogP contribution in [0.4, 0.5) is 0 Å². The van der Waals surface area contributed by atoms with E-state index in [0.717, 1.165) is 17.9 Å². The van der Waals surface area contributed by atoms with E-state index in [4.69, 9.17) is 0 Å². The van der Waals surface area contributed by atoms with E-state index in [1.54, 1.807) is 0 Å². The molecule has 1 aliphatic rings. The number of rotatable bonds is 5. The largest absolute Gasteiger partial charge is 0.317 e. The van der Waals surface area contributed by atoms with Crippen molar-refractivity contribution in [1.29, 1.82) is 0 Å². The first-order chi connectivity index (χ1) is 7.27. The van der Waals surface area contributed by atoms with E-state index in [-0.39, 0.29) is 0 Å². The normalized spacial score (nSPS) is 29.8. The van der Waals surface area contributed by atoms with Gasteiger partial charge in [-0.05, 0) is 38.1 Å². The van der Waals surface area contributed by atoms with Crippen LogP contribution in [0.1, 0.15) is 65.2 Å². The maximum Gasteiger partial charge on any atom is 0.00641 e. The summed E-state index contributed by atoms with van der Waals surface area (Å²) in [5, 5.41) is 3.45. The van der Waals surface area contributed by atoms with Gasteiger partial charge in [0.25, 0.3) is 0 Å². The fraction of sp³-hybridized carbons (Fsp3) is 1.00. The van der Waals surface area contributed by atoms with Crippen molar-refractivity contribution >= 4 is 0 Å². The molecule has 1 fully saturated rings. The average molecular weight is 211 g/mol. The van der Waals surface area contributed by atoms with Crippen LogP contribution in [0.15, 0.2) is 0 Å². The molecular formula is C14H29N. The van der Waals surface area contributed by atoms with Gasteiger partial charge in [-0.25, -0.2) is 0 Å². The summed E-state index contributed by atoms with van der Waals surface area (Å²) in [6.45, 7) is 4.77. The third-order valence-electron chi connectivity index (χ3n) is 4.24. The standard InChI is InChI=1S/C14H29N/c1-4-5-7-12(2)13-8-6-9-14(15-3)11-10-13/h12-15H,4-11H2,1-3H3/t12-,13?,14?/m0/s1. The predicted octanol–water partition coefficient (Wildman–Crippen LogP) is 3.98. The van der Waals surface area contributed by atoms with E-state index in [0.29, 0.717) is 0 Å². The summed E-state index contributed by atoms with van der Waals surface area (Å²) in [5.41, 5.74) is 0. The van der Waals surface area contributed by atoms with Crippen molar-refractivity contribution in [1.82, 2.24) is 5.32 Å². The first kappa shape index (κ1) is 13.0. The fourth-order valence-electron chi connectivity index (χ4n) is 2.95. The van der Waals surface area contributed by atoms with Gasteiger partial charge in [0.1, 0.15) is 0 Å². The minimum atomic E-state index is 0.799. The average Bonchev–Trinajstić information content (AvgIpc) is 2.50. The Bertz CT molecular complexity index is 155. The Morgan fingerprint density at radius 2 is 2.00 bits per heavy atom. The molecule has 0 aliphatic heterocycles. The highest BCUT2D eigenvalue weighted by molar-refractivity contribution is 4.76. The maximum absolute atomic E-state index is 3.45. The van der Waals surface area contributed by atoms with Gasteiger partial charge in [-0.3, -0.25) is 0 Å². The van der Waals surface area contributed by atoms with E-state index in [1.165, 1.54) is 51.4 Å². The lowest BCUT2D eigenvalue weighted by atomic mass is 9.84. The lowest BCUT2D eigenvalue weighted by molar-refractivity contribution is 0.295. The van der Waals surface area contributed by atoms with Gasteiger partial charge in [0.05, 0.1) is 0 Å². The molecule has 0 aromatic heterocycles. The van der Waals surface area contributed by atoms with Gasteiger partial charge < -0.3 is 5.32 Å². The highest BCUT2D eigenvalue weighted by Gasteiger charge is 2.21. The smallest absolute Gasteiger partial charge is 0.00641 e. The van der Waals surface area contributed by atoms with Crippen molar-refractivity contribution < 1.29 is 0 Å². The Morgan fingerprint density at radius 1 is 1.20 bits per heavy atom. The molecule has 0 aromatic rings. The summed E-state index contributed by atoms with van der Waals surface area (Å²) >= 11 is 0. The van der Waals surface area contributed by atoms with E-state index in [9.17, 15) is 0 Å². The van der Waals surface area contributed by atoms with Crippen molar-refractivity contribution in [2.45, 2.75) is 71.3 Å². The van der Waals surface area contributed by atoms with E-state index in [2.05, 4.69) is 26.2 Å². The summed E-state index contributed by atoms with van der Waals surface area (Å²) in [7, 11) is 2.12. The third-order valence-corrected chi connectivity index (χ3v) is 4.24. The van der Waals surface area contributed by atoms with Crippen molar-refractivity contribution in [3.63, 3.8) is 0 Å². The second kappa shape index (κ2) is 7.27. The molecule has 0 saturated heterocycles. The number of hydrogen-bond acceptors (Lipinski definition) is 1. The van der Waals surface area contributed by atoms with Crippen molar-refractivity contribution in [3.8, 4) is 0 Å². The van der Waals surface area contributed by atoms with Crippen molar-refractivity contribution in [2.75, 3.05) is 7.05 Å². The summed E-state index contributed by atoms with van der Waals surface area (Å²) in [5.74, 6) is 1.97. The Balaban J connectivity index is 2.29. The molecule has 0 spiro atoms. The Hall–Kier alpha value is -0.0400. The Labute approximate surface area is 96.0 Å². The Kier molecular flexibility index (Phi) is 6.31. The van der Waals surface area contributed by atoms with Crippen LogP contribution in [0.5, 0.6) is 0 Å². The summed E-state index contributed by atoms with van der Waals surface area (Å²) in [6, 6.07) is 0.799. The molecule has 0 bridgehead atoms. The summed E-state index contributed by atoms with van der Waals surface area (Å²) < 4.78 is 0. The SMILES string of the molecule is CCCC[C@H](C)C1CCCC(NC)CC1. The maximum atomic E-state index is 3.45. The fourth-order valence-corrected chi connectivity index (χ4v) is 2.95. The molecule has 0 amide bonds. The zero-order valence-electron chi connectivity index (χ0n) is 10.9. The Morgan fingerprint density at radius 3 is 2.67 bits per heavy atom. The van der Waals surface area contributed by atoms with Crippen molar-refractivity contribution in [3.05, 3.63) is 0 Å². The van der Waals surface area contributed by atoms with Crippen LogP contribution < -0.4 is 5.32 Å². The zero-order valence-corrected chi connectivity index (χ0v) is 10.9. The first-order valence-corrected chi connectivity index (χ1v) is 6.95. The van der Waals surface area contributed by atoms with Crippen LogP contribution >= 0.6 is 0 Å². The van der Waals surface area contributed by atoms with Gasteiger partial charge in [0.2, 0.25) is 0 Å². The molecule has 1 aliphatic carbocycles. The molecule has 1 rings (SSSR count). The molecular weight excluding hydrogens is 182 g/mol. The molecule has 90 valence electrons. The molecule has 3 atom stereocenters. The number of nitrogens with one attached hydrogen (secondary N) is 1. The van der Waals surface area contributed by atoms with Gasteiger partial charge in [-0.2, -0.15) is 0 Å². The van der Waals surface area contributed by atoms with Crippen LogP contribution in [0.25, 0.3) is 0 Å². The summed E-state index contributed by atoms with van der Waals surface area (Å²) in [4.78, 5) is 0. The molecule has 15 heavy (non-hydrogen) atoms. The summed E-state index contributed by atoms with van der Waals surface area (Å²) in [6.07, 6.45) is 11.4. The van der Waals surface area contributed by atoms with Crippen LogP contribution in [0, 0.1) is 11.8 Å². The van der Waals surface area contributed by atoms with Crippen LogP contribution in [-0.4, -0.2) is 13.1 Å². The monoisotopic (exact) mass is 211 g/mol. The van der Waals surface area contributed by atoms with E-state index >= 15 is 0 Å². The third kappa shape index (κ3) is 4.55. The molecule has 0 heterocycles. The molecule has 1 N–H and O–H groups in total. The van der Waals surface area contributed by atoms with E-state index < -0.39 is 0 Å². The van der Waals surface area contributed by atoms with Crippen molar-refractivity contribution in [2.24, 2.45) is 11.8 Å². The lowest BCUT2D eigenvalue weighted by Gasteiger charge is -2.22. The van der Waals surface area contributed by atoms with Gasteiger partial charge in [0.15, 0.2) is 0 Å². The van der Waals surface area contributed by atoms with Crippen LogP contribution in [-0.2, 0) is 0 Å². The van der Waals surface area contributed by atoms with Crippen LogP contribution in [0.2, 0.25) is 0 Å². The molecule has 2 unspecified atom stereocenters. The number of hydrogen-bond donors (Lipinski definition) is 1. The van der Waals surface area contributed by atoms with Gasteiger partial charge in [-0.15, -0.1) is 0 Å². The molecule has 0 aromatic carbocycles. The van der Waals surface area contributed by atoms with Gasteiger partial charge >= 0.3 is 0 Å². The molecule has 1 saturated carbocycles. The highest BCUT2D eigenvalue weighted by Crippen LogP contribution is 2.31. The zero-order chi connectivity index (χ0) is 11.1. The minimum Gasteiger partial charge on any atom is -0.317 e. The number of unbranched alkanes of at least 4 members (excludes halogenated alkanes) is 1. The second-order valence-corrected chi connectivity index (χ2v) is 5.37. The topological polar surface area (TPSA) is 12.0 Å². The molecule has 1 heteroatoms. The molecule has 1 nitrogen and oxygen atoms in total. The molecule has 0 radical (unpaired) electrons. The predicted molar refractivity (Wildman–Crippen MR) is 68.1 cm³/mol. The lowest BCUT2D eigenvalue weighted by Crippen LogP contribution is -2.24. The van der Waals surface area contributed by atoms with Crippen LogP contribution in [0.3, 0.4) is 0 Å². The van der Waals surface area contributed by atoms with Gasteiger partial charge in [-0.1, -0.05) is 46.0 Å². The highest BCUT2D eigenvalue weighted by atomic mass is 14.9. The van der Waals surface area contributed by atoms with Gasteiger partial charge in [0, 0.05) is 6.04 Å². The second-order valence-electron chi connectivity index (χ2n) is 5.37. The quantitative estimate of drug-likeness (QED) is 0.678. The first-order valence-electron chi connectivity index (χ1n) is 6.95.